The molecule has 0 aromatic carbocycles. The standard InChI is InChI=1S/C15H23N3S/c1-4-12-5-6-14(19-12)13-9-17-15(18-13)11(8-16)7-10(2)3/h5-6,9-11H,4,7-8,16H2,1-3H3,(H,17,18). The molecular weight excluding hydrogens is 254 g/mol. The van der Waals surface area contributed by atoms with Gasteiger partial charge in [0.1, 0.15) is 5.82 Å². The summed E-state index contributed by atoms with van der Waals surface area (Å²) in [5, 5.41) is 0. The van der Waals surface area contributed by atoms with Crippen molar-refractivity contribution in [3.8, 4) is 10.6 Å². The molecule has 4 heteroatoms. The van der Waals surface area contributed by atoms with E-state index in [-0.39, 0.29) is 0 Å². The van der Waals surface area contributed by atoms with Crippen molar-refractivity contribution in [3.63, 3.8) is 0 Å². The fourth-order valence-corrected chi connectivity index (χ4v) is 3.18. The number of hydrogen-bond donors (Lipinski definition) is 2. The fraction of sp³-hybridized carbons (Fsp3) is 0.533. The lowest BCUT2D eigenvalue weighted by molar-refractivity contribution is 0.490. The van der Waals surface area contributed by atoms with E-state index in [2.05, 4.69) is 42.9 Å². The van der Waals surface area contributed by atoms with Crippen LogP contribution < -0.4 is 5.73 Å². The average molecular weight is 277 g/mol. The van der Waals surface area contributed by atoms with E-state index in [1.165, 1.54) is 9.75 Å². The first-order valence-electron chi connectivity index (χ1n) is 6.98. The van der Waals surface area contributed by atoms with Gasteiger partial charge in [-0.25, -0.2) is 4.98 Å². The molecule has 1 atom stereocenters. The van der Waals surface area contributed by atoms with Crippen LogP contribution in [0.5, 0.6) is 0 Å². The van der Waals surface area contributed by atoms with Crippen LogP contribution in [0.4, 0.5) is 0 Å². The fourth-order valence-electron chi connectivity index (χ4n) is 2.27. The third-order valence-electron chi connectivity index (χ3n) is 3.30. The van der Waals surface area contributed by atoms with E-state index in [0.717, 1.165) is 24.4 Å². The summed E-state index contributed by atoms with van der Waals surface area (Å²) in [4.78, 5) is 10.6. The maximum Gasteiger partial charge on any atom is 0.110 e. The van der Waals surface area contributed by atoms with E-state index in [0.29, 0.717) is 18.4 Å². The van der Waals surface area contributed by atoms with Crippen molar-refractivity contribution in [1.82, 2.24) is 9.97 Å². The SMILES string of the molecule is CCc1ccc(-c2cnc(C(CN)CC(C)C)[nH]2)s1. The quantitative estimate of drug-likeness (QED) is 0.844. The molecule has 3 N–H and O–H groups in total. The maximum absolute atomic E-state index is 5.87. The number of thiophene rings is 1. The lowest BCUT2D eigenvalue weighted by Crippen LogP contribution is -2.15. The number of nitrogens with two attached hydrogens (primary N) is 1. The van der Waals surface area contributed by atoms with E-state index in [9.17, 15) is 0 Å². The number of hydrogen-bond acceptors (Lipinski definition) is 3. The summed E-state index contributed by atoms with van der Waals surface area (Å²) in [5.41, 5.74) is 6.98. The highest BCUT2D eigenvalue weighted by atomic mass is 32.1. The second-order valence-corrected chi connectivity index (χ2v) is 6.53. The monoisotopic (exact) mass is 277 g/mol. The molecular formula is C15H23N3S. The van der Waals surface area contributed by atoms with Crippen molar-refractivity contribution >= 4 is 11.3 Å². The Balaban J connectivity index is 2.17. The molecule has 2 rings (SSSR count). The van der Waals surface area contributed by atoms with Crippen molar-refractivity contribution < 1.29 is 0 Å². The number of nitrogens with one attached hydrogen (secondary N) is 1. The number of aromatic amines is 1. The highest BCUT2D eigenvalue weighted by molar-refractivity contribution is 7.15. The van der Waals surface area contributed by atoms with Crippen molar-refractivity contribution in [2.45, 2.75) is 39.5 Å². The highest BCUT2D eigenvalue weighted by Gasteiger charge is 2.16. The van der Waals surface area contributed by atoms with Crippen LogP contribution in [0.15, 0.2) is 18.3 Å². The zero-order valence-corrected chi connectivity index (χ0v) is 12.8. The average Bonchev–Trinajstić information content (AvgIpc) is 3.03. The van der Waals surface area contributed by atoms with Gasteiger partial charge in [-0.2, -0.15) is 0 Å². The first-order valence-corrected chi connectivity index (χ1v) is 7.79. The minimum Gasteiger partial charge on any atom is -0.341 e. The van der Waals surface area contributed by atoms with E-state index in [1.54, 1.807) is 0 Å². The van der Waals surface area contributed by atoms with Gasteiger partial charge in [-0.15, -0.1) is 11.3 Å². The molecule has 0 aliphatic carbocycles. The zero-order valence-electron chi connectivity index (χ0n) is 11.9. The number of imidazole rings is 1. The summed E-state index contributed by atoms with van der Waals surface area (Å²) in [7, 11) is 0. The summed E-state index contributed by atoms with van der Waals surface area (Å²) in [6, 6.07) is 4.36. The van der Waals surface area contributed by atoms with Gasteiger partial charge in [-0.05, 0) is 30.9 Å². The smallest absolute Gasteiger partial charge is 0.110 e. The summed E-state index contributed by atoms with van der Waals surface area (Å²) in [6.07, 6.45) is 4.10. The van der Waals surface area contributed by atoms with Crippen LogP contribution in [0, 0.1) is 5.92 Å². The molecule has 0 fully saturated rings. The number of H-pyrrole nitrogens is 1. The van der Waals surface area contributed by atoms with Crippen molar-refractivity contribution in [2.75, 3.05) is 6.54 Å². The Morgan fingerprint density at radius 1 is 1.37 bits per heavy atom. The molecule has 2 aromatic rings. The molecule has 0 aliphatic heterocycles. The second-order valence-electron chi connectivity index (χ2n) is 5.36. The van der Waals surface area contributed by atoms with Crippen LogP contribution in [0.3, 0.4) is 0 Å². The van der Waals surface area contributed by atoms with Gasteiger partial charge in [0.05, 0.1) is 16.8 Å². The number of nitrogens with zero attached hydrogens (tertiary/aromatic N) is 1. The van der Waals surface area contributed by atoms with Crippen LogP contribution in [-0.2, 0) is 6.42 Å². The molecule has 0 aliphatic rings. The van der Waals surface area contributed by atoms with E-state index < -0.39 is 0 Å². The van der Waals surface area contributed by atoms with Crippen LogP contribution in [0.1, 0.15) is 43.8 Å². The molecule has 2 heterocycles. The topological polar surface area (TPSA) is 54.7 Å². The molecule has 0 amide bonds. The van der Waals surface area contributed by atoms with Crippen LogP contribution in [0.25, 0.3) is 10.6 Å². The normalized spacial score (nSPS) is 13.1. The second kappa shape index (κ2) is 6.35. The molecule has 0 spiro atoms. The van der Waals surface area contributed by atoms with Crippen LogP contribution in [-0.4, -0.2) is 16.5 Å². The molecule has 0 saturated carbocycles. The lowest BCUT2D eigenvalue weighted by atomic mass is 9.97. The molecule has 0 bridgehead atoms. The predicted molar refractivity (Wildman–Crippen MR) is 82.5 cm³/mol. The summed E-state index contributed by atoms with van der Waals surface area (Å²) < 4.78 is 0. The van der Waals surface area contributed by atoms with Gasteiger partial charge in [-0.3, -0.25) is 0 Å². The van der Waals surface area contributed by atoms with Gasteiger partial charge >= 0.3 is 0 Å². The number of aromatic nitrogens is 2. The van der Waals surface area contributed by atoms with E-state index in [4.69, 9.17) is 5.73 Å². The predicted octanol–water partition coefficient (Wildman–Crippen LogP) is 3.79. The summed E-state index contributed by atoms with van der Waals surface area (Å²) in [5.74, 6) is 1.99. The van der Waals surface area contributed by atoms with Crippen molar-refractivity contribution in [1.29, 1.82) is 0 Å². The largest absolute Gasteiger partial charge is 0.341 e. The minimum absolute atomic E-state index is 0.333. The van der Waals surface area contributed by atoms with E-state index >= 15 is 0 Å². The number of rotatable bonds is 6. The maximum atomic E-state index is 5.87. The molecule has 104 valence electrons. The van der Waals surface area contributed by atoms with Crippen molar-refractivity contribution in [2.24, 2.45) is 11.7 Å². The van der Waals surface area contributed by atoms with Gasteiger partial charge in [0.15, 0.2) is 0 Å². The Bertz CT molecular complexity index is 513. The summed E-state index contributed by atoms with van der Waals surface area (Å²) in [6.45, 7) is 7.27. The Hall–Kier alpha value is -1.13. The Labute approximate surface area is 119 Å². The van der Waals surface area contributed by atoms with Crippen LogP contribution >= 0.6 is 11.3 Å². The Morgan fingerprint density at radius 2 is 2.16 bits per heavy atom. The van der Waals surface area contributed by atoms with Crippen LogP contribution in [0.2, 0.25) is 0 Å². The first-order chi connectivity index (χ1) is 9.13. The molecule has 1 unspecified atom stereocenters. The van der Waals surface area contributed by atoms with Gasteiger partial charge < -0.3 is 10.7 Å². The molecule has 3 nitrogen and oxygen atoms in total. The highest BCUT2D eigenvalue weighted by Crippen LogP contribution is 2.29. The molecule has 0 saturated heterocycles. The minimum atomic E-state index is 0.333. The number of aryl methyl sites for hydroxylation is 1. The zero-order chi connectivity index (χ0) is 13.8. The van der Waals surface area contributed by atoms with E-state index in [1.807, 2.05) is 17.5 Å². The lowest BCUT2D eigenvalue weighted by Gasteiger charge is -2.14. The van der Waals surface area contributed by atoms with Gasteiger partial charge in [0, 0.05) is 17.3 Å². The Morgan fingerprint density at radius 3 is 2.74 bits per heavy atom. The van der Waals surface area contributed by atoms with Crippen molar-refractivity contribution in [3.05, 3.63) is 29.0 Å². The van der Waals surface area contributed by atoms with Gasteiger partial charge in [0.25, 0.3) is 0 Å². The molecule has 0 radical (unpaired) electrons. The van der Waals surface area contributed by atoms with Gasteiger partial charge in [0.2, 0.25) is 0 Å². The third kappa shape index (κ3) is 3.45. The summed E-state index contributed by atoms with van der Waals surface area (Å²) >= 11 is 1.83. The van der Waals surface area contributed by atoms with Gasteiger partial charge in [-0.1, -0.05) is 20.8 Å². The molecule has 19 heavy (non-hydrogen) atoms. The third-order valence-corrected chi connectivity index (χ3v) is 4.56. The Kier molecular flexibility index (Phi) is 4.77. The molecule has 2 aromatic heterocycles. The first kappa shape index (κ1) is 14.3.